The Labute approximate surface area is 154 Å². The van der Waals surface area contributed by atoms with Gasteiger partial charge in [0.25, 0.3) is 5.91 Å². The second-order valence-electron chi connectivity index (χ2n) is 4.77. The monoisotopic (exact) mass is 405 g/mol. The highest BCUT2D eigenvalue weighted by atomic mass is 32.2. The number of carbonyl (C=O) groups excluding carboxylic acids is 2. The highest BCUT2D eigenvalue weighted by molar-refractivity contribution is 8.18. The lowest BCUT2D eigenvalue weighted by Gasteiger charge is -2.16. The number of amidine groups is 1. The number of alkyl halides is 4. The van der Waals surface area contributed by atoms with Crippen LogP contribution in [0.1, 0.15) is 5.56 Å². The average molecular weight is 405 g/mol. The zero-order chi connectivity index (χ0) is 20.0. The van der Waals surface area contributed by atoms with Gasteiger partial charge in [-0.05, 0) is 29.5 Å². The quantitative estimate of drug-likeness (QED) is 0.258. The molecule has 0 spiro atoms. The van der Waals surface area contributed by atoms with Gasteiger partial charge in [0.1, 0.15) is 5.75 Å². The predicted molar refractivity (Wildman–Crippen MR) is 88.9 cm³/mol. The van der Waals surface area contributed by atoms with E-state index in [0.717, 1.165) is 43.3 Å². The maximum absolute atomic E-state index is 12.9. The molecule has 1 N–H and O–H groups in total. The lowest BCUT2D eigenvalue weighted by molar-refractivity contribution is -0.253. The van der Waals surface area contributed by atoms with Crippen molar-refractivity contribution in [3.63, 3.8) is 0 Å². The second-order valence-corrected chi connectivity index (χ2v) is 5.81. The van der Waals surface area contributed by atoms with Gasteiger partial charge < -0.3 is 9.47 Å². The molecule has 1 aromatic rings. The number of benzene rings is 1. The Morgan fingerprint density at radius 3 is 2.78 bits per heavy atom. The number of hydrogen-bond donors (Lipinski definition) is 1. The van der Waals surface area contributed by atoms with Crippen LogP contribution in [0.3, 0.4) is 0 Å². The van der Waals surface area contributed by atoms with E-state index < -0.39 is 30.2 Å². The number of esters is 1. The number of thioether (sulfide) groups is 1. The summed E-state index contributed by atoms with van der Waals surface area (Å²) >= 11 is 0.840. The summed E-state index contributed by atoms with van der Waals surface area (Å²) in [6.07, 6.45) is -6.48. The Morgan fingerprint density at radius 2 is 2.11 bits per heavy atom. The summed E-state index contributed by atoms with van der Waals surface area (Å²) in [5, 5.41) is 9.78. The van der Waals surface area contributed by atoms with Crippen LogP contribution in [0.2, 0.25) is 0 Å². The molecule has 0 bridgehead atoms. The molecule has 1 saturated heterocycles. The van der Waals surface area contributed by atoms with E-state index in [1.165, 1.54) is 12.1 Å². The van der Waals surface area contributed by atoms with E-state index in [1.54, 1.807) is 0 Å². The molecule has 0 aromatic heterocycles. The number of methoxy groups -OCH3 is 1. The number of carbonyl (C=O) groups is 2. The molecule has 12 heteroatoms. The molecular formula is C15H11F4N3O4S. The van der Waals surface area contributed by atoms with Crippen LogP contribution in [-0.2, 0) is 14.3 Å². The number of nitrogens with one attached hydrogen (secondary N) is 1. The molecule has 1 aromatic carbocycles. The Bertz CT molecular complexity index is 827. The summed E-state index contributed by atoms with van der Waals surface area (Å²) in [4.78, 5) is 22.8. The van der Waals surface area contributed by atoms with Gasteiger partial charge in [-0.3, -0.25) is 10.1 Å². The van der Waals surface area contributed by atoms with Crippen LogP contribution in [0.4, 0.5) is 17.6 Å². The van der Waals surface area contributed by atoms with Gasteiger partial charge in [0.2, 0.25) is 0 Å². The molecule has 1 aliphatic heterocycles. The largest absolute Gasteiger partial charge is 0.466 e. The molecule has 0 radical (unpaired) electrons. The molecule has 144 valence electrons. The Kier molecular flexibility index (Phi) is 6.55. The van der Waals surface area contributed by atoms with Crippen LogP contribution < -0.4 is 10.1 Å². The van der Waals surface area contributed by atoms with Gasteiger partial charge in [-0.1, -0.05) is 12.1 Å². The van der Waals surface area contributed by atoms with Crippen molar-refractivity contribution in [1.29, 1.82) is 0 Å². The highest BCUT2D eigenvalue weighted by Crippen LogP contribution is 2.27. The van der Waals surface area contributed by atoms with Crippen LogP contribution in [0.25, 0.3) is 0 Å². The molecule has 0 atom stereocenters. The van der Waals surface area contributed by atoms with Crippen molar-refractivity contribution in [2.45, 2.75) is 12.5 Å². The summed E-state index contributed by atoms with van der Waals surface area (Å²) in [6, 6.07) is 4.88. The van der Waals surface area contributed by atoms with Crippen molar-refractivity contribution in [2.24, 2.45) is 10.2 Å². The lowest BCUT2D eigenvalue weighted by atomic mass is 10.2. The van der Waals surface area contributed by atoms with Crippen LogP contribution in [0.15, 0.2) is 45.4 Å². The van der Waals surface area contributed by atoms with Gasteiger partial charge in [-0.15, -0.1) is 5.10 Å². The first kappa shape index (κ1) is 20.4. The van der Waals surface area contributed by atoms with E-state index in [0.29, 0.717) is 0 Å². The van der Waals surface area contributed by atoms with Crippen LogP contribution in [-0.4, -0.2) is 42.9 Å². The zero-order valence-corrected chi connectivity index (χ0v) is 14.3. The molecule has 27 heavy (non-hydrogen) atoms. The van der Waals surface area contributed by atoms with Gasteiger partial charge in [0, 0.05) is 6.08 Å². The Morgan fingerprint density at radius 1 is 1.37 bits per heavy atom. The number of rotatable bonds is 6. The average Bonchev–Trinajstić information content (AvgIpc) is 2.94. The number of nitrogens with zero attached hydrogens (tertiary/aromatic N) is 2. The first-order chi connectivity index (χ1) is 12.7. The summed E-state index contributed by atoms with van der Waals surface area (Å²) in [5.74, 6) is -1.76. The summed E-state index contributed by atoms with van der Waals surface area (Å²) < 4.78 is 58.5. The molecule has 0 aliphatic carbocycles. The first-order valence-electron chi connectivity index (χ1n) is 7.06. The fraction of sp³-hybridized carbons (Fsp3) is 0.200. The zero-order valence-electron chi connectivity index (χ0n) is 13.5. The molecule has 0 unspecified atom stereocenters. The van der Waals surface area contributed by atoms with Crippen molar-refractivity contribution in [1.82, 2.24) is 5.32 Å². The Hall–Kier alpha value is -2.89. The van der Waals surface area contributed by atoms with Crippen molar-refractivity contribution in [2.75, 3.05) is 7.11 Å². The maximum Gasteiger partial charge on any atom is 0.461 e. The molecule has 2 rings (SSSR count). The fourth-order valence-electron chi connectivity index (χ4n) is 1.65. The third-order valence-electron chi connectivity index (χ3n) is 2.82. The lowest BCUT2D eigenvalue weighted by Crippen LogP contribution is -2.33. The minimum Gasteiger partial charge on any atom is -0.466 e. The normalized spacial score (nSPS) is 17.8. The number of hydrogen-bond acceptors (Lipinski definition) is 7. The van der Waals surface area contributed by atoms with E-state index in [9.17, 15) is 27.2 Å². The number of halogens is 4. The van der Waals surface area contributed by atoms with Crippen molar-refractivity contribution >= 4 is 35.0 Å². The third kappa shape index (κ3) is 5.81. The van der Waals surface area contributed by atoms with E-state index in [1.807, 2.05) is 0 Å². The molecule has 1 aliphatic rings. The predicted octanol–water partition coefficient (Wildman–Crippen LogP) is 2.53. The molecule has 7 nitrogen and oxygen atoms in total. The standard InChI is InChI=1S/C15H11F4N3O4S/c1-25-11(23)6-10-12(24)21-14(27-10)22-20-7-8-3-2-4-9(5-8)26-15(18,19)13(16)17/h2-7,13H,1H3,(H,21,22,24)/b10-6+,20-7?. The van der Waals surface area contributed by atoms with Crippen molar-refractivity contribution in [3.8, 4) is 5.75 Å². The second kappa shape index (κ2) is 8.66. The third-order valence-corrected chi connectivity index (χ3v) is 3.72. The van der Waals surface area contributed by atoms with Gasteiger partial charge in [0.15, 0.2) is 5.17 Å². The van der Waals surface area contributed by atoms with E-state index >= 15 is 0 Å². The maximum atomic E-state index is 12.9. The molecular weight excluding hydrogens is 394 g/mol. The smallest absolute Gasteiger partial charge is 0.461 e. The molecule has 0 saturated carbocycles. The van der Waals surface area contributed by atoms with E-state index in [2.05, 4.69) is 25.0 Å². The SMILES string of the molecule is COC(=O)/C=C1/S/C(=N\N=Cc2cccc(OC(F)(F)C(F)F)c2)NC1=O. The molecule has 1 heterocycles. The van der Waals surface area contributed by atoms with Crippen LogP contribution in [0.5, 0.6) is 5.75 Å². The summed E-state index contributed by atoms with van der Waals surface area (Å²) in [6.45, 7) is 0. The van der Waals surface area contributed by atoms with Crippen molar-refractivity contribution in [3.05, 3.63) is 40.8 Å². The molecule has 1 amide bonds. The highest BCUT2D eigenvalue weighted by Gasteiger charge is 2.43. The summed E-state index contributed by atoms with van der Waals surface area (Å²) in [5.41, 5.74) is 0.238. The fourth-order valence-corrected chi connectivity index (χ4v) is 2.39. The van der Waals surface area contributed by atoms with Gasteiger partial charge in [0.05, 0.1) is 18.2 Å². The van der Waals surface area contributed by atoms with Gasteiger partial charge in [-0.25, -0.2) is 4.79 Å². The molecule has 1 fully saturated rings. The topological polar surface area (TPSA) is 89.3 Å². The van der Waals surface area contributed by atoms with Gasteiger partial charge in [-0.2, -0.15) is 22.7 Å². The summed E-state index contributed by atoms with van der Waals surface area (Å²) in [7, 11) is 1.16. The van der Waals surface area contributed by atoms with Crippen molar-refractivity contribution < 1.29 is 36.6 Å². The van der Waals surface area contributed by atoms with Crippen LogP contribution in [0, 0.1) is 0 Å². The number of ether oxygens (including phenoxy) is 2. The van der Waals surface area contributed by atoms with Crippen LogP contribution >= 0.6 is 11.8 Å². The number of amides is 1. The van der Waals surface area contributed by atoms with E-state index in [-0.39, 0.29) is 15.6 Å². The van der Waals surface area contributed by atoms with Gasteiger partial charge >= 0.3 is 18.5 Å². The van der Waals surface area contributed by atoms with E-state index in [4.69, 9.17) is 0 Å². The minimum atomic E-state index is -4.62. The minimum absolute atomic E-state index is 0.0560. The first-order valence-corrected chi connectivity index (χ1v) is 7.88. The Balaban J connectivity index is 2.06.